The molecule has 0 aromatic heterocycles. The number of guanidine groups is 3. The Morgan fingerprint density at radius 2 is 0.615 bits per heavy atom. The highest BCUT2D eigenvalue weighted by molar-refractivity contribution is 7.80. The number of nitrogens with one attached hydrogen (secondary N) is 9. The molecule has 3 aromatic rings. The highest BCUT2D eigenvalue weighted by Crippen LogP contribution is 2.20. The van der Waals surface area contributed by atoms with Crippen molar-refractivity contribution in [1.29, 1.82) is 0 Å². The van der Waals surface area contributed by atoms with Crippen molar-refractivity contribution in [3.63, 3.8) is 0 Å². The summed E-state index contributed by atoms with van der Waals surface area (Å²) in [6.07, 6.45) is -0.844. The molecule has 0 saturated carbocycles. The molecule has 0 bridgehead atoms. The molecule has 3 rings (SSSR count). The van der Waals surface area contributed by atoms with Crippen LogP contribution in [0.4, 0.5) is 0 Å². The van der Waals surface area contributed by atoms with Gasteiger partial charge in [0.15, 0.2) is 35.2 Å². The molecule has 0 unspecified atom stereocenters. The Kier molecular flexibility index (Phi) is 50.1. The summed E-state index contributed by atoms with van der Waals surface area (Å²) in [5, 5.41) is 77.1. The number of hydrogen-bond donors (Lipinski definition) is 23. The predicted molar refractivity (Wildman–Crippen MR) is 427 cm³/mol. The molecule has 117 heavy (non-hydrogen) atoms. The second kappa shape index (κ2) is 57.3. The van der Waals surface area contributed by atoms with E-state index in [0.717, 1.165) is 16.7 Å². The molecule has 0 fully saturated rings. The lowest BCUT2D eigenvalue weighted by molar-refractivity contribution is -0.145. The summed E-state index contributed by atoms with van der Waals surface area (Å²) in [6, 6.07) is 13.0. The summed E-state index contributed by atoms with van der Waals surface area (Å²) in [7, 11) is 0. The summed E-state index contributed by atoms with van der Waals surface area (Å²) < 4.78 is 0. The fourth-order valence-corrected chi connectivity index (χ4v) is 11.2. The minimum Gasteiger partial charge on any atom is -0.481 e. The van der Waals surface area contributed by atoms with E-state index >= 15 is 0 Å². The molecule has 3 aromatic carbocycles. The van der Waals surface area contributed by atoms with Crippen LogP contribution in [0, 0.1) is 17.8 Å². The first-order valence-corrected chi connectivity index (χ1v) is 37.5. The van der Waals surface area contributed by atoms with Crippen LogP contribution in [0.3, 0.4) is 0 Å². The van der Waals surface area contributed by atoms with Gasteiger partial charge >= 0.3 is 35.8 Å². The van der Waals surface area contributed by atoms with Crippen molar-refractivity contribution in [1.82, 2.24) is 47.9 Å². The van der Waals surface area contributed by atoms with E-state index in [1.54, 1.807) is 72.8 Å². The first-order valence-electron chi connectivity index (χ1n) is 36.2. The van der Waals surface area contributed by atoms with Crippen molar-refractivity contribution in [2.45, 2.75) is 166 Å². The van der Waals surface area contributed by atoms with Crippen LogP contribution in [0.2, 0.25) is 0 Å². The van der Waals surface area contributed by atoms with Gasteiger partial charge in [0.2, 0.25) is 54.7 Å². The lowest BCUT2D eigenvalue weighted by Gasteiger charge is -2.22. The lowest BCUT2D eigenvalue weighted by atomic mass is 9.91. The molecule has 0 spiro atoms. The van der Waals surface area contributed by atoms with Crippen molar-refractivity contribution in [3.05, 3.63) is 106 Å². The van der Waals surface area contributed by atoms with E-state index in [2.05, 4.69) is 88.1 Å². The molecule has 0 saturated heterocycles. The Bertz CT molecular complexity index is 3920. The molecule has 44 heteroatoms. The van der Waals surface area contributed by atoms with Crippen LogP contribution >= 0.6 is 25.3 Å². The minimum absolute atomic E-state index is 0.0102. The van der Waals surface area contributed by atoms with Gasteiger partial charge in [-0.15, -0.1) is 0 Å². The monoisotopic (exact) mass is 1680 g/mol. The summed E-state index contributed by atoms with van der Waals surface area (Å²) in [5.74, 6) is -18.7. The summed E-state index contributed by atoms with van der Waals surface area (Å²) in [6.45, 7) is 3.11. The van der Waals surface area contributed by atoms with E-state index in [-0.39, 0.29) is 107 Å². The largest absolute Gasteiger partial charge is 0.481 e. The average Bonchev–Trinajstić information content (AvgIpc) is 0.873. The zero-order valence-electron chi connectivity index (χ0n) is 64.1. The van der Waals surface area contributed by atoms with Crippen molar-refractivity contribution in [2.24, 2.45) is 67.1 Å². The predicted octanol–water partition coefficient (Wildman–Crippen LogP) is -3.83. The molecule has 9 atom stereocenters. The Labute approximate surface area is 682 Å². The van der Waals surface area contributed by atoms with Gasteiger partial charge in [0.05, 0.1) is 68.5 Å². The van der Waals surface area contributed by atoms with Gasteiger partial charge in [0.25, 0.3) is 0 Å². The van der Waals surface area contributed by atoms with Crippen LogP contribution < -0.4 is 82.3 Å². The number of rotatable bonds is 57. The lowest BCUT2D eigenvalue weighted by Crippen LogP contribution is -2.47. The first-order chi connectivity index (χ1) is 55.4. The Balaban J connectivity index is 0.000000880. The number of thiol groups is 2. The molecule has 0 aliphatic heterocycles. The number of carbonyl (C=O) groups is 18. The molecular formula is C73H104N18O24S2. The van der Waals surface area contributed by atoms with Gasteiger partial charge in [-0.2, -0.15) is 25.3 Å². The van der Waals surface area contributed by atoms with Gasteiger partial charge in [-0.1, -0.05) is 79.7 Å². The topological polar surface area (TPSA) is 730 Å². The molecule has 27 N–H and O–H groups in total. The number of carboxylic acids is 6. The molecule has 0 aliphatic rings. The Morgan fingerprint density at radius 3 is 0.889 bits per heavy atom. The van der Waals surface area contributed by atoms with E-state index in [0.29, 0.717) is 68.3 Å². The highest BCUT2D eigenvalue weighted by Gasteiger charge is 2.35. The van der Waals surface area contributed by atoms with Crippen LogP contribution in [0.1, 0.15) is 124 Å². The van der Waals surface area contributed by atoms with Crippen LogP contribution in [-0.2, 0) is 125 Å². The summed E-state index contributed by atoms with van der Waals surface area (Å²) in [4.78, 5) is 226. The van der Waals surface area contributed by atoms with Crippen molar-refractivity contribution in [2.75, 3.05) is 31.1 Å². The number of aliphatic carboxylic acids is 6. The average molecular weight is 1680 g/mol. The van der Waals surface area contributed by atoms with Crippen molar-refractivity contribution < 1.29 is 117 Å². The van der Waals surface area contributed by atoms with Gasteiger partial charge < -0.3 is 113 Å². The van der Waals surface area contributed by atoms with Crippen LogP contribution in [0.15, 0.2) is 87.8 Å². The molecule has 0 aliphatic carbocycles. The molecule has 0 heterocycles. The maximum Gasteiger partial charge on any atom is 0.327 e. The fraction of sp³-hybridized carbons (Fsp3) is 0.466. The highest BCUT2D eigenvalue weighted by atomic mass is 32.1. The van der Waals surface area contributed by atoms with E-state index in [1.807, 2.05) is 0 Å². The first kappa shape index (κ1) is 102. The van der Waals surface area contributed by atoms with E-state index in [4.69, 9.17) is 49.7 Å². The van der Waals surface area contributed by atoms with Gasteiger partial charge in [-0.3, -0.25) is 86.9 Å². The minimum atomic E-state index is -1.55. The number of carbonyl (C=O) groups excluding carboxylic acids is 12. The number of Topliss-reactive ketones (excluding diaryl/α,β-unsaturated/α-hetero) is 3. The number of amides is 9. The number of nitrogens with two attached hydrogens (primary N) is 6. The van der Waals surface area contributed by atoms with Crippen molar-refractivity contribution in [3.8, 4) is 0 Å². The Morgan fingerprint density at radius 1 is 0.350 bits per heavy atom. The third-order valence-corrected chi connectivity index (χ3v) is 17.4. The van der Waals surface area contributed by atoms with Crippen LogP contribution in [-0.4, -0.2) is 224 Å². The number of carboxylic acid groups (broad SMARTS) is 6. The van der Waals surface area contributed by atoms with Crippen LogP contribution in [0.5, 0.6) is 0 Å². The zero-order valence-corrected chi connectivity index (χ0v) is 65.8. The SMILES string of the molecule is CC[C@H](NC(=O)[C@H](CC(=O)O)CC(=O)[C@H](CCCN=C(N)N)NC(=O)Cc1ccc(CNC=O)cc1)C(=O)O.NC(N)=NCCC[C@H](CC(=O)[C@H](CCCN=C(N)N)NC(=O)Cc1ccc(CNC=O)cc1)C(=O)N[C@@H](CS)C(=O)O.O=CNCc1ccc(CC(=O)N[C@@H](CC(=O)O)C(=O)C[C@@H](CC(=O)O)C(=O)N[C@@H](CS)C(=O)O)cc1. The number of aliphatic imine (C=N–C) groups is 3. The fourth-order valence-electron chi connectivity index (χ4n) is 10.7. The van der Waals surface area contributed by atoms with E-state index < -0.39 is 175 Å². The molecule has 42 nitrogen and oxygen atoms in total. The normalized spacial score (nSPS) is 12.7. The van der Waals surface area contributed by atoms with Gasteiger partial charge in [0, 0.05) is 76.0 Å². The van der Waals surface area contributed by atoms with Crippen molar-refractivity contribution >= 4 is 151 Å². The second-order valence-corrected chi connectivity index (χ2v) is 26.8. The summed E-state index contributed by atoms with van der Waals surface area (Å²) >= 11 is 7.77. The number of ketones is 3. The number of hydrogen-bond acceptors (Lipinski definition) is 23. The quantitative estimate of drug-likeness (QED) is 0.00846. The smallest absolute Gasteiger partial charge is 0.327 e. The second-order valence-electron chi connectivity index (χ2n) is 26.1. The van der Waals surface area contributed by atoms with E-state index in [1.165, 1.54) is 6.92 Å². The van der Waals surface area contributed by atoms with Gasteiger partial charge in [-0.05, 0) is 78.3 Å². The van der Waals surface area contributed by atoms with Gasteiger partial charge in [0.1, 0.15) is 18.1 Å². The standard InChI is InChI=1S/C26H41N9O6S.C25H36N6O8.C22H27N3O10S/c27-25(28)32-9-1-3-18(23(39)35-20(14-42)24(40)41)12-21(37)19(4-2-10-33-26(29)30)34-22(38)11-16-5-7-17(8-6-16)13-31-15-36;1-2-18(24(38)39)31-23(37)17(12-22(35)36)11-20(33)19(4-3-9-29-25(26)27)30-21(34)10-15-5-7-16(8-6-15)13-28-14-32;26-11-23-9-13-3-1-12(2-4-13)5-18(28)24-15(8-20(31)32)17(27)6-14(7-19(29)30)21(33)25-16(10-36)22(34)35/h5-8,15,18-20,42H,1-4,9-14H2,(H,31,36)(H,34,38)(H,35,39)(H,40,41)(H4,27,28,32)(H4,29,30,33);5-8,14,17-19H,2-4,9-13H2,1H3,(H,28,32)(H,30,34)(H,31,37)(H,35,36)(H,38,39)(H4,26,27,29);1-4,11,14-16,36H,5-10H2,(H,23,26)(H,24,28)(H,25,33)(H,29,30)(H,31,32)(H,34,35)/t18-,19+,20+;17-,18-,19-;14-,15-,16-/m100/s1. The maximum atomic E-state index is 13.4. The molecule has 0 radical (unpaired) electrons. The van der Waals surface area contributed by atoms with Gasteiger partial charge in [-0.25, -0.2) is 14.4 Å². The molecule has 642 valence electrons. The third-order valence-electron chi connectivity index (χ3n) is 16.7. The molecule has 9 amide bonds. The van der Waals surface area contributed by atoms with Crippen LogP contribution in [0.25, 0.3) is 0 Å². The van der Waals surface area contributed by atoms with E-state index in [9.17, 15) is 102 Å². The summed E-state index contributed by atoms with van der Waals surface area (Å²) in [5.41, 5.74) is 36.4. The third kappa shape index (κ3) is 45.6. The Hall–Kier alpha value is -12.8. The number of benzene rings is 3. The maximum absolute atomic E-state index is 13.4. The molecular weight excluding hydrogens is 1580 g/mol. The number of nitrogens with zero attached hydrogens (tertiary/aromatic N) is 3. The zero-order chi connectivity index (χ0) is 88.1.